The van der Waals surface area contributed by atoms with Gasteiger partial charge in [-0.25, -0.2) is 13.8 Å². The zero-order valence-electron chi connectivity index (χ0n) is 14.7. The van der Waals surface area contributed by atoms with Gasteiger partial charge < -0.3 is 21.1 Å². The van der Waals surface area contributed by atoms with Gasteiger partial charge in [0.1, 0.15) is 11.6 Å². The van der Waals surface area contributed by atoms with E-state index >= 15 is 0 Å². The molecule has 2 aromatic rings. The van der Waals surface area contributed by atoms with E-state index in [-0.39, 0.29) is 23.8 Å². The number of aryl methyl sites for hydroxylation is 1. The summed E-state index contributed by atoms with van der Waals surface area (Å²) in [6, 6.07) is 2.39. The lowest BCUT2D eigenvalue weighted by Gasteiger charge is -2.13. The maximum Gasteiger partial charge on any atom is 0.229 e. The summed E-state index contributed by atoms with van der Waals surface area (Å²) >= 11 is 0. The van der Waals surface area contributed by atoms with Crippen molar-refractivity contribution in [3.05, 3.63) is 53.0 Å². The maximum atomic E-state index is 14.2. The predicted molar refractivity (Wildman–Crippen MR) is 97.3 cm³/mol. The number of aromatic nitrogens is 2. The minimum absolute atomic E-state index is 0.0263. The van der Waals surface area contributed by atoms with E-state index in [0.29, 0.717) is 17.1 Å². The summed E-state index contributed by atoms with van der Waals surface area (Å²) in [6.07, 6.45) is 4.41. The fraction of sp³-hybridized carbons (Fsp3) is 0.235. The van der Waals surface area contributed by atoms with Crippen LogP contribution in [0.4, 0.5) is 20.5 Å². The molecule has 0 spiro atoms. The van der Waals surface area contributed by atoms with Gasteiger partial charge in [0.2, 0.25) is 5.95 Å². The van der Waals surface area contributed by atoms with Crippen molar-refractivity contribution in [1.29, 1.82) is 0 Å². The van der Waals surface area contributed by atoms with Crippen LogP contribution < -0.4 is 21.1 Å². The molecule has 0 saturated heterocycles. The van der Waals surface area contributed by atoms with Crippen LogP contribution in [0.3, 0.4) is 0 Å². The lowest BCUT2D eigenvalue weighted by molar-refractivity contribution is 0.381. The average molecular weight is 362 g/mol. The molecule has 2 rings (SSSR count). The van der Waals surface area contributed by atoms with Crippen molar-refractivity contribution in [1.82, 2.24) is 9.97 Å². The number of nitrogens with two attached hydrogens (primary N) is 1. The van der Waals surface area contributed by atoms with Crippen LogP contribution in [0.2, 0.25) is 0 Å². The lowest BCUT2D eigenvalue weighted by atomic mass is 10.1. The van der Waals surface area contributed by atoms with Crippen LogP contribution in [0, 0.1) is 18.6 Å². The summed E-state index contributed by atoms with van der Waals surface area (Å²) in [5, 5.41) is 5.81. The quantitative estimate of drug-likeness (QED) is 0.655. The minimum atomic E-state index is -0.752. The van der Waals surface area contributed by atoms with E-state index in [9.17, 15) is 8.78 Å². The van der Waals surface area contributed by atoms with Gasteiger partial charge in [-0.2, -0.15) is 4.98 Å². The number of rotatable bonds is 7. The Balaban J connectivity index is 2.21. The third-order valence-electron chi connectivity index (χ3n) is 3.48. The molecule has 1 aromatic carbocycles. The number of hydrogen-bond donors (Lipinski definition) is 3. The normalized spacial score (nSPS) is 11.7. The molecule has 0 aliphatic heterocycles. The number of allylic oxidation sites excluding steroid dienone is 1. The molecule has 0 saturated carbocycles. The van der Waals surface area contributed by atoms with Crippen LogP contribution in [-0.2, 0) is 6.54 Å². The Labute approximate surface area is 150 Å². The van der Waals surface area contributed by atoms with Gasteiger partial charge in [0.15, 0.2) is 11.6 Å². The van der Waals surface area contributed by atoms with Gasteiger partial charge in [-0.05, 0) is 19.1 Å². The van der Waals surface area contributed by atoms with Crippen LogP contribution in [0.5, 0.6) is 5.75 Å². The molecule has 0 atom stereocenters. The number of halogens is 2. The molecule has 138 valence electrons. The number of hydrogen-bond acceptors (Lipinski definition) is 7. The second-order valence-electron chi connectivity index (χ2n) is 5.26. The van der Waals surface area contributed by atoms with Gasteiger partial charge in [-0.15, -0.1) is 0 Å². The van der Waals surface area contributed by atoms with Crippen molar-refractivity contribution in [3.63, 3.8) is 0 Å². The molecule has 26 heavy (non-hydrogen) atoms. The summed E-state index contributed by atoms with van der Waals surface area (Å²) in [4.78, 5) is 12.3. The topological polar surface area (TPSA) is 97.5 Å². The highest BCUT2D eigenvalue weighted by molar-refractivity contribution is 5.81. The van der Waals surface area contributed by atoms with E-state index in [2.05, 4.69) is 25.6 Å². The first-order valence-electron chi connectivity index (χ1n) is 7.69. The Hall–Kier alpha value is -3.23. The summed E-state index contributed by atoms with van der Waals surface area (Å²) in [5.41, 5.74) is 6.56. The Morgan fingerprint density at radius 1 is 1.38 bits per heavy atom. The molecule has 0 radical (unpaired) electrons. The first-order chi connectivity index (χ1) is 12.5. The number of nitrogens with zero attached hydrogens (tertiary/aromatic N) is 3. The highest BCUT2D eigenvalue weighted by Gasteiger charge is 2.15. The second kappa shape index (κ2) is 8.75. The van der Waals surface area contributed by atoms with Gasteiger partial charge in [0.25, 0.3) is 0 Å². The Morgan fingerprint density at radius 2 is 2.15 bits per heavy atom. The molecule has 0 aliphatic carbocycles. The highest BCUT2D eigenvalue weighted by Crippen LogP contribution is 2.24. The molecule has 1 aromatic heterocycles. The van der Waals surface area contributed by atoms with E-state index in [1.807, 2.05) is 0 Å². The lowest BCUT2D eigenvalue weighted by Crippen LogP contribution is -2.11. The maximum absolute atomic E-state index is 14.2. The van der Waals surface area contributed by atoms with Crippen molar-refractivity contribution in [2.75, 3.05) is 24.8 Å². The zero-order valence-corrected chi connectivity index (χ0v) is 14.7. The van der Waals surface area contributed by atoms with Crippen LogP contribution in [0.1, 0.15) is 11.1 Å². The Bertz CT molecular complexity index is 838. The van der Waals surface area contributed by atoms with Crippen molar-refractivity contribution in [2.24, 2.45) is 10.7 Å². The molecule has 0 unspecified atom stereocenters. The minimum Gasteiger partial charge on any atom is -0.494 e. The third kappa shape index (κ3) is 4.44. The molecule has 1 heterocycles. The van der Waals surface area contributed by atoms with Crippen molar-refractivity contribution < 1.29 is 13.5 Å². The van der Waals surface area contributed by atoms with Gasteiger partial charge in [0, 0.05) is 43.3 Å². The van der Waals surface area contributed by atoms with E-state index in [0.717, 1.165) is 6.07 Å². The average Bonchev–Trinajstić information content (AvgIpc) is 2.63. The SMILES string of the molecule is CN=CC(=CN)Nc1ncc(C)c(NCc2c(F)ccc(OC)c2F)n1. The molecule has 9 heteroatoms. The third-order valence-corrected chi connectivity index (χ3v) is 3.48. The Kier molecular flexibility index (Phi) is 6.42. The largest absolute Gasteiger partial charge is 0.494 e. The van der Waals surface area contributed by atoms with Gasteiger partial charge in [-0.3, -0.25) is 4.99 Å². The van der Waals surface area contributed by atoms with E-state index < -0.39 is 11.6 Å². The molecule has 0 fully saturated rings. The van der Waals surface area contributed by atoms with Crippen molar-refractivity contribution >= 4 is 18.0 Å². The van der Waals surface area contributed by atoms with Crippen LogP contribution in [0.25, 0.3) is 0 Å². The van der Waals surface area contributed by atoms with Gasteiger partial charge in [0.05, 0.1) is 12.8 Å². The van der Waals surface area contributed by atoms with E-state index in [4.69, 9.17) is 10.5 Å². The standard InChI is InChI=1S/C17H20F2N6O/c1-10-7-23-17(24-11(6-20)8-21-2)25-16(10)22-9-12-13(18)4-5-14(26-3)15(12)19/h4-8H,9,20H2,1-3H3,(H2,22,23,24,25). The first kappa shape index (κ1) is 19.1. The van der Waals surface area contributed by atoms with Gasteiger partial charge in [-0.1, -0.05) is 0 Å². The number of anilines is 2. The summed E-state index contributed by atoms with van der Waals surface area (Å²) in [5.74, 6) is -0.761. The molecular weight excluding hydrogens is 342 g/mol. The van der Waals surface area contributed by atoms with Crippen molar-refractivity contribution in [3.8, 4) is 5.75 Å². The fourth-order valence-electron chi connectivity index (χ4n) is 2.13. The number of benzene rings is 1. The summed E-state index contributed by atoms with van der Waals surface area (Å²) in [6.45, 7) is 1.67. The Morgan fingerprint density at radius 3 is 2.81 bits per heavy atom. The first-order valence-corrected chi connectivity index (χ1v) is 7.69. The van der Waals surface area contributed by atoms with E-state index in [1.54, 1.807) is 20.2 Å². The molecular formula is C17H20F2N6O. The zero-order chi connectivity index (χ0) is 19.1. The smallest absolute Gasteiger partial charge is 0.229 e. The summed E-state index contributed by atoms with van der Waals surface area (Å²) in [7, 11) is 2.92. The highest BCUT2D eigenvalue weighted by atomic mass is 19.1. The monoisotopic (exact) mass is 362 g/mol. The van der Waals surface area contributed by atoms with Crippen LogP contribution >= 0.6 is 0 Å². The molecule has 4 N–H and O–H groups in total. The van der Waals surface area contributed by atoms with E-state index in [1.165, 1.54) is 25.6 Å². The summed E-state index contributed by atoms with van der Waals surface area (Å²) < 4.78 is 33.0. The molecule has 0 aliphatic rings. The fourth-order valence-corrected chi connectivity index (χ4v) is 2.13. The predicted octanol–water partition coefficient (Wildman–Crippen LogP) is 2.60. The second-order valence-corrected chi connectivity index (χ2v) is 5.26. The number of methoxy groups -OCH3 is 1. The van der Waals surface area contributed by atoms with Crippen LogP contribution in [-0.4, -0.2) is 30.3 Å². The number of nitrogens with one attached hydrogen (secondary N) is 2. The molecule has 0 amide bonds. The molecule has 0 bridgehead atoms. The number of aliphatic imine (C=N–C) groups is 1. The van der Waals surface area contributed by atoms with Crippen LogP contribution in [0.15, 0.2) is 35.2 Å². The van der Waals surface area contributed by atoms with Gasteiger partial charge >= 0.3 is 0 Å². The number of ether oxygens (including phenoxy) is 1. The van der Waals surface area contributed by atoms with Crippen molar-refractivity contribution in [2.45, 2.75) is 13.5 Å². The molecule has 7 nitrogen and oxygen atoms in total.